The van der Waals surface area contributed by atoms with E-state index < -0.39 is 0 Å². The minimum absolute atomic E-state index is 0. The summed E-state index contributed by atoms with van der Waals surface area (Å²) < 4.78 is 0. The largest absolute Gasteiger partial charge is 0.326 e. The van der Waals surface area contributed by atoms with E-state index in [1.807, 2.05) is 29.2 Å². The predicted octanol–water partition coefficient (Wildman–Crippen LogP) is 3.29. The first kappa shape index (κ1) is 17.6. The van der Waals surface area contributed by atoms with Gasteiger partial charge in [-0.05, 0) is 44.8 Å². The van der Waals surface area contributed by atoms with Gasteiger partial charge in [-0.15, -0.1) is 24.2 Å². The molecular formula is C14H20Cl2N2OS. The molecule has 2 rings (SSSR count). The summed E-state index contributed by atoms with van der Waals surface area (Å²) in [6.07, 6.45) is 1.00. The molecule has 0 aliphatic carbocycles. The van der Waals surface area contributed by atoms with Crippen LogP contribution in [0.1, 0.15) is 17.4 Å². The Balaban J connectivity index is 0.00000200. The third kappa shape index (κ3) is 4.55. The summed E-state index contributed by atoms with van der Waals surface area (Å²) in [5.41, 5.74) is 1.16. The molecule has 1 atom stereocenters. The minimum atomic E-state index is 0. The van der Waals surface area contributed by atoms with Crippen LogP contribution in [-0.2, 0) is 4.79 Å². The van der Waals surface area contributed by atoms with E-state index in [4.69, 9.17) is 11.6 Å². The molecule has 0 bridgehead atoms. The molecule has 0 spiro atoms. The fourth-order valence-corrected chi connectivity index (χ4v) is 3.50. The Labute approximate surface area is 136 Å². The van der Waals surface area contributed by atoms with Gasteiger partial charge >= 0.3 is 0 Å². The zero-order valence-corrected chi connectivity index (χ0v) is 14.1. The first-order valence-electron chi connectivity index (χ1n) is 6.39. The van der Waals surface area contributed by atoms with Gasteiger partial charge < -0.3 is 9.80 Å². The fourth-order valence-electron chi connectivity index (χ4n) is 2.16. The number of benzene rings is 1. The molecule has 1 unspecified atom stereocenters. The fraction of sp³-hybridized carbons (Fsp3) is 0.500. The van der Waals surface area contributed by atoms with Crippen molar-refractivity contribution in [2.45, 2.75) is 11.8 Å². The van der Waals surface area contributed by atoms with Crippen LogP contribution in [0.3, 0.4) is 0 Å². The molecule has 0 aromatic heterocycles. The quantitative estimate of drug-likeness (QED) is 0.825. The lowest BCUT2D eigenvalue weighted by molar-refractivity contribution is -0.128. The summed E-state index contributed by atoms with van der Waals surface area (Å²) in [6.45, 7) is 1.82. The van der Waals surface area contributed by atoms with Crippen LogP contribution in [0, 0.1) is 0 Å². The van der Waals surface area contributed by atoms with Crippen molar-refractivity contribution in [1.29, 1.82) is 0 Å². The summed E-state index contributed by atoms with van der Waals surface area (Å²) in [4.78, 5) is 16.1. The Hall–Kier alpha value is -0.420. The van der Waals surface area contributed by atoms with Gasteiger partial charge in [0.1, 0.15) is 5.37 Å². The van der Waals surface area contributed by atoms with Crippen LogP contribution < -0.4 is 0 Å². The number of halogens is 2. The minimum Gasteiger partial charge on any atom is -0.326 e. The van der Waals surface area contributed by atoms with Crippen molar-refractivity contribution in [2.24, 2.45) is 0 Å². The average Bonchev–Trinajstić information content (AvgIpc) is 2.72. The zero-order valence-electron chi connectivity index (χ0n) is 11.7. The van der Waals surface area contributed by atoms with Crippen LogP contribution in [0.4, 0.5) is 0 Å². The standard InChI is InChI=1S/C14H19ClN2OS.ClH/c1-16(2)8-3-9-17-13(18)10-19-14(17)11-4-6-12(15)7-5-11;/h4-7,14H,3,8-10H2,1-2H3;1H. The Morgan fingerprint density at radius 2 is 2.00 bits per heavy atom. The number of nitrogens with zero attached hydrogens (tertiary/aromatic N) is 2. The highest BCUT2D eigenvalue weighted by atomic mass is 35.5. The SMILES string of the molecule is CN(C)CCCN1C(=O)CSC1c1ccc(Cl)cc1.Cl. The molecule has 112 valence electrons. The van der Waals surface area contributed by atoms with Gasteiger partial charge in [-0.25, -0.2) is 0 Å². The van der Waals surface area contributed by atoms with Gasteiger partial charge in [-0.2, -0.15) is 0 Å². The van der Waals surface area contributed by atoms with E-state index >= 15 is 0 Å². The molecule has 3 nitrogen and oxygen atoms in total. The highest BCUT2D eigenvalue weighted by molar-refractivity contribution is 8.00. The Morgan fingerprint density at radius 3 is 2.60 bits per heavy atom. The smallest absolute Gasteiger partial charge is 0.233 e. The van der Waals surface area contributed by atoms with Gasteiger partial charge in [0.05, 0.1) is 5.75 Å². The molecular weight excluding hydrogens is 315 g/mol. The lowest BCUT2D eigenvalue weighted by atomic mass is 10.2. The number of amides is 1. The van der Waals surface area contributed by atoms with Gasteiger partial charge in [0.25, 0.3) is 0 Å². The molecule has 1 aromatic rings. The molecule has 1 heterocycles. The van der Waals surface area contributed by atoms with Crippen molar-refractivity contribution in [3.05, 3.63) is 34.9 Å². The van der Waals surface area contributed by atoms with Crippen molar-refractivity contribution in [3.63, 3.8) is 0 Å². The van der Waals surface area contributed by atoms with Crippen molar-refractivity contribution in [1.82, 2.24) is 9.80 Å². The topological polar surface area (TPSA) is 23.6 Å². The third-order valence-corrected chi connectivity index (χ3v) is 4.64. The normalized spacial score (nSPS) is 18.5. The van der Waals surface area contributed by atoms with Gasteiger partial charge in [0.15, 0.2) is 0 Å². The van der Waals surface area contributed by atoms with Crippen molar-refractivity contribution >= 4 is 41.7 Å². The molecule has 1 aliphatic heterocycles. The second-order valence-electron chi connectivity index (χ2n) is 4.96. The number of hydrogen-bond acceptors (Lipinski definition) is 3. The second-order valence-corrected chi connectivity index (χ2v) is 6.46. The Bertz CT molecular complexity index is 439. The summed E-state index contributed by atoms with van der Waals surface area (Å²) in [7, 11) is 4.11. The number of carbonyl (C=O) groups is 1. The highest BCUT2D eigenvalue weighted by Crippen LogP contribution is 2.38. The molecule has 1 amide bonds. The molecule has 20 heavy (non-hydrogen) atoms. The number of rotatable bonds is 5. The van der Waals surface area contributed by atoms with E-state index in [0.717, 1.165) is 30.1 Å². The van der Waals surface area contributed by atoms with Crippen LogP contribution in [0.2, 0.25) is 5.02 Å². The van der Waals surface area contributed by atoms with Crippen molar-refractivity contribution in [3.8, 4) is 0 Å². The van der Waals surface area contributed by atoms with E-state index in [0.29, 0.717) is 5.75 Å². The lowest BCUT2D eigenvalue weighted by Crippen LogP contribution is -2.31. The summed E-state index contributed by atoms with van der Waals surface area (Å²) in [6, 6.07) is 7.80. The zero-order chi connectivity index (χ0) is 13.8. The molecule has 1 saturated heterocycles. The van der Waals surface area contributed by atoms with Crippen LogP contribution in [0.15, 0.2) is 24.3 Å². The molecule has 0 N–H and O–H groups in total. The first-order valence-corrected chi connectivity index (χ1v) is 7.82. The molecule has 6 heteroatoms. The first-order chi connectivity index (χ1) is 9.08. The van der Waals surface area contributed by atoms with E-state index in [2.05, 4.69) is 19.0 Å². The van der Waals surface area contributed by atoms with Crippen molar-refractivity contribution in [2.75, 3.05) is 32.9 Å². The van der Waals surface area contributed by atoms with E-state index in [1.54, 1.807) is 11.8 Å². The molecule has 1 fully saturated rings. The molecule has 1 aliphatic rings. The number of thioether (sulfide) groups is 1. The third-order valence-electron chi connectivity index (χ3n) is 3.13. The summed E-state index contributed by atoms with van der Waals surface area (Å²) >= 11 is 7.61. The Kier molecular flexibility index (Phi) is 7.17. The number of hydrogen-bond donors (Lipinski definition) is 0. The average molecular weight is 335 g/mol. The van der Waals surface area contributed by atoms with Crippen LogP contribution in [-0.4, -0.2) is 48.6 Å². The van der Waals surface area contributed by atoms with Crippen LogP contribution in [0.25, 0.3) is 0 Å². The maximum Gasteiger partial charge on any atom is 0.233 e. The van der Waals surface area contributed by atoms with Gasteiger partial charge in [0, 0.05) is 11.6 Å². The maximum absolute atomic E-state index is 12.0. The predicted molar refractivity (Wildman–Crippen MR) is 88.8 cm³/mol. The van der Waals surface area contributed by atoms with E-state index in [1.165, 1.54) is 0 Å². The van der Waals surface area contributed by atoms with E-state index in [-0.39, 0.29) is 23.7 Å². The van der Waals surface area contributed by atoms with Crippen LogP contribution in [0.5, 0.6) is 0 Å². The Morgan fingerprint density at radius 1 is 1.35 bits per heavy atom. The van der Waals surface area contributed by atoms with Gasteiger partial charge in [0.2, 0.25) is 5.91 Å². The van der Waals surface area contributed by atoms with E-state index in [9.17, 15) is 4.79 Å². The van der Waals surface area contributed by atoms with Gasteiger partial charge in [-0.3, -0.25) is 4.79 Å². The monoisotopic (exact) mass is 334 g/mol. The van der Waals surface area contributed by atoms with Crippen molar-refractivity contribution < 1.29 is 4.79 Å². The maximum atomic E-state index is 12.0. The summed E-state index contributed by atoms with van der Waals surface area (Å²) in [5, 5.41) is 0.879. The van der Waals surface area contributed by atoms with Gasteiger partial charge in [-0.1, -0.05) is 23.7 Å². The van der Waals surface area contributed by atoms with Crippen LogP contribution >= 0.6 is 35.8 Å². The highest BCUT2D eigenvalue weighted by Gasteiger charge is 2.32. The summed E-state index contributed by atoms with van der Waals surface area (Å²) in [5.74, 6) is 0.818. The molecule has 0 saturated carbocycles. The molecule has 1 aromatic carbocycles. The molecule has 0 radical (unpaired) electrons. The lowest BCUT2D eigenvalue weighted by Gasteiger charge is -2.25. The second kappa shape index (κ2) is 8.13. The number of carbonyl (C=O) groups excluding carboxylic acids is 1.